The summed E-state index contributed by atoms with van der Waals surface area (Å²) in [6, 6.07) is -0.0864. The number of aliphatic imine (C=N–C) groups is 1. The summed E-state index contributed by atoms with van der Waals surface area (Å²) in [6.45, 7) is 0.179. The number of esters is 1. The van der Waals surface area contributed by atoms with Gasteiger partial charge < -0.3 is 15.4 Å². The van der Waals surface area contributed by atoms with Crippen LogP contribution in [0.4, 0.5) is 13.2 Å². The van der Waals surface area contributed by atoms with Crippen molar-refractivity contribution in [3.63, 3.8) is 0 Å². The van der Waals surface area contributed by atoms with E-state index in [0.717, 1.165) is 0 Å². The molecule has 1 heterocycles. The van der Waals surface area contributed by atoms with Crippen LogP contribution in [0, 0.1) is 0 Å². The minimum absolute atomic E-state index is 0.0864. The number of hydrogen-bond acceptors (Lipinski definition) is 4. The quantitative estimate of drug-likeness (QED) is 0.436. The Morgan fingerprint density at radius 3 is 2.76 bits per heavy atom. The number of nitrogens with zero attached hydrogens (tertiary/aromatic N) is 2. The van der Waals surface area contributed by atoms with Gasteiger partial charge in [0.2, 0.25) is 0 Å². The zero-order chi connectivity index (χ0) is 15.9. The van der Waals surface area contributed by atoms with Gasteiger partial charge in [-0.2, -0.15) is 13.2 Å². The molecule has 122 valence electrons. The summed E-state index contributed by atoms with van der Waals surface area (Å²) in [5, 5.41) is 5.97. The summed E-state index contributed by atoms with van der Waals surface area (Å²) in [4.78, 5) is 16.3. The Kier molecular flexibility index (Phi) is 6.73. The lowest BCUT2D eigenvalue weighted by atomic mass is 10.3. The summed E-state index contributed by atoms with van der Waals surface area (Å²) >= 11 is 0. The first-order valence-corrected chi connectivity index (χ1v) is 6.67. The van der Waals surface area contributed by atoms with E-state index >= 15 is 0 Å². The summed E-state index contributed by atoms with van der Waals surface area (Å²) in [5.41, 5.74) is 0. The fourth-order valence-electron chi connectivity index (χ4n) is 2.12. The Morgan fingerprint density at radius 2 is 2.19 bits per heavy atom. The molecule has 1 saturated heterocycles. The molecule has 0 saturated carbocycles. The van der Waals surface area contributed by atoms with Gasteiger partial charge in [0.1, 0.15) is 0 Å². The Morgan fingerprint density at radius 1 is 1.48 bits per heavy atom. The van der Waals surface area contributed by atoms with Crippen molar-refractivity contribution in [2.24, 2.45) is 4.99 Å². The lowest BCUT2D eigenvalue weighted by Gasteiger charge is -2.19. The number of halogens is 3. The van der Waals surface area contributed by atoms with Gasteiger partial charge in [-0.15, -0.1) is 0 Å². The molecule has 0 aliphatic carbocycles. The smallest absolute Gasteiger partial charge is 0.401 e. The van der Waals surface area contributed by atoms with Gasteiger partial charge >= 0.3 is 12.1 Å². The predicted molar refractivity (Wildman–Crippen MR) is 72.0 cm³/mol. The highest BCUT2D eigenvalue weighted by atomic mass is 19.4. The Bertz CT molecular complexity index is 374. The first-order valence-electron chi connectivity index (χ1n) is 6.67. The van der Waals surface area contributed by atoms with E-state index in [1.165, 1.54) is 12.0 Å². The minimum atomic E-state index is -4.17. The molecule has 0 bridgehead atoms. The third-order valence-electron chi connectivity index (χ3n) is 3.09. The molecule has 0 spiro atoms. The molecule has 0 amide bonds. The van der Waals surface area contributed by atoms with Crippen LogP contribution in [0.2, 0.25) is 0 Å². The van der Waals surface area contributed by atoms with Crippen LogP contribution in [0.5, 0.6) is 0 Å². The van der Waals surface area contributed by atoms with Crippen LogP contribution in [-0.2, 0) is 9.53 Å². The fraction of sp³-hybridized carbons (Fsp3) is 0.833. The van der Waals surface area contributed by atoms with Crippen LogP contribution in [0.1, 0.15) is 12.8 Å². The van der Waals surface area contributed by atoms with Crippen molar-refractivity contribution in [2.75, 3.05) is 40.3 Å². The van der Waals surface area contributed by atoms with Crippen LogP contribution in [-0.4, -0.2) is 69.4 Å². The van der Waals surface area contributed by atoms with Crippen molar-refractivity contribution in [1.82, 2.24) is 15.5 Å². The second-order valence-corrected chi connectivity index (χ2v) is 4.81. The highest BCUT2D eigenvalue weighted by Gasteiger charge is 2.34. The number of nitrogens with one attached hydrogen (secondary N) is 2. The highest BCUT2D eigenvalue weighted by molar-refractivity contribution is 5.80. The molecule has 6 nitrogen and oxygen atoms in total. The molecular formula is C12H21F3N4O2. The van der Waals surface area contributed by atoms with E-state index in [1.54, 1.807) is 7.05 Å². The van der Waals surface area contributed by atoms with E-state index in [2.05, 4.69) is 20.4 Å². The van der Waals surface area contributed by atoms with E-state index in [4.69, 9.17) is 0 Å². The predicted octanol–water partition coefficient (Wildman–Crippen LogP) is 0.351. The Balaban J connectivity index is 2.30. The van der Waals surface area contributed by atoms with Crippen molar-refractivity contribution in [2.45, 2.75) is 25.1 Å². The van der Waals surface area contributed by atoms with Gasteiger partial charge in [-0.3, -0.25) is 14.7 Å². The number of ether oxygens (including phenoxy) is 1. The topological polar surface area (TPSA) is 66.0 Å². The molecule has 1 rings (SSSR count). The number of guanidine groups is 1. The van der Waals surface area contributed by atoms with Gasteiger partial charge in [-0.25, -0.2) is 0 Å². The van der Waals surface area contributed by atoms with E-state index in [9.17, 15) is 18.0 Å². The van der Waals surface area contributed by atoms with Gasteiger partial charge in [0.15, 0.2) is 5.96 Å². The van der Waals surface area contributed by atoms with E-state index in [1.807, 2.05) is 0 Å². The monoisotopic (exact) mass is 310 g/mol. The van der Waals surface area contributed by atoms with Crippen LogP contribution < -0.4 is 10.6 Å². The molecule has 0 aromatic carbocycles. The molecule has 9 heteroatoms. The van der Waals surface area contributed by atoms with Crippen molar-refractivity contribution in [3.05, 3.63) is 0 Å². The maximum atomic E-state index is 12.3. The molecule has 0 aromatic heterocycles. The van der Waals surface area contributed by atoms with Crippen molar-refractivity contribution in [1.29, 1.82) is 0 Å². The summed E-state index contributed by atoms with van der Waals surface area (Å²) in [5.74, 6) is 0.132. The van der Waals surface area contributed by atoms with E-state index < -0.39 is 12.7 Å². The van der Waals surface area contributed by atoms with E-state index in [-0.39, 0.29) is 18.4 Å². The average molecular weight is 310 g/mol. The van der Waals surface area contributed by atoms with E-state index in [0.29, 0.717) is 32.0 Å². The normalized spacial score (nSPS) is 20.4. The van der Waals surface area contributed by atoms with Crippen LogP contribution in [0.3, 0.4) is 0 Å². The molecular weight excluding hydrogens is 289 g/mol. The molecule has 1 fully saturated rings. The molecule has 1 atom stereocenters. The fourth-order valence-corrected chi connectivity index (χ4v) is 2.12. The number of rotatable bonds is 5. The van der Waals surface area contributed by atoms with Gasteiger partial charge in [0, 0.05) is 32.7 Å². The number of hydrogen-bond donors (Lipinski definition) is 2. The SMILES string of the molecule is CN=C(NCCC(=O)OC)NC1CCN(CC(F)(F)F)C1. The number of alkyl halides is 3. The molecule has 2 N–H and O–H groups in total. The summed E-state index contributed by atoms with van der Waals surface area (Å²) < 4.78 is 41.4. The van der Waals surface area contributed by atoms with Gasteiger partial charge in [0.05, 0.1) is 20.1 Å². The first kappa shape index (κ1) is 17.5. The van der Waals surface area contributed by atoms with Crippen LogP contribution in [0.15, 0.2) is 4.99 Å². The van der Waals surface area contributed by atoms with Crippen LogP contribution >= 0.6 is 0 Å². The van der Waals surface area contributed by atoms with Gasteiger partial charge in [-0.1, -0.05) is 0 Å². The largest absolute Gasteiger partial charge is 0.469 e. The molecule has 21 heavy (non-hydrogen) atoms. The summed E-state index contributed by atoms with van der Waals surface area (Å²) in [7, 11) is 2.87. The third-order valence-corrected chi connectivity index (χ3v) is 3.09. The lowest BCUT2D eigenvalue weighted by Crippen LogP contribution is -2.45. The first-order chi connectivity index (χ1) is 9.84. The lowest BCUT2D eigenvalue weighted by molar-refractivity contribution is -0.143. The zero-order valence-corrected chi connectivity index (χ0v) is 12.2. The second kappa shape index (κ2) is 8.06. The maximum absolute atomic E-state index is 12.3. The second-order valence-electron chi connectivity index (χ2n) is 4.81. The maximum Gasteiger partial charge on any atom is 0.401 e. The molecule has 1 aliphatic rings. The number of methoxy groups -OCH3 is 1. The number of likely N-dealkylation sites (tertiary alicyclic amines) is 1. The Labute approximate surface area is 121 Å². The molecule has 1 unspecified atom stereocenters. The number of carbonyl (C=O) groups is 1. The highest BCUT2D eigenvalue weighted by Crippen LogP contribution is 2.19. The van der Waals surface area contributed by atoms with Crippen molar-refractivity contribution in [3.8, 4) is 0 Å². The van der Waals surface area contributed by atoms with Crippen molar-refractivity contribution >= 4 is 11.9 Å². The molecule has 0 aromatic rings. The standard InChI is InChI=1S/C12H21F3N4O2/c1-16-11(17-5-3-10(20)21-2)18-9-4-6-19(7-9)8-12(13,14)15/h9H,3-8H2,1-2H3,(H2,16,17,18). The molecule has 1 aliphatic heterocycles. The summed E-state index contributed by atoms with van der Waals surface area (Å²) in [6.07, 6.45) is -3.36. The Hall–Kier alpha value is -1.51. The third kappa shape index (κ3) is 7.16. The zero-order valence-electron chi connectivity index (χ0n) is 12.2. The average Bonchev–Trinajstić information content (AvgIpc) is 2.82. The number of carbonyl (C=O) groups excluding carboxylic acids is 1. The van der Waals surface area contributed by atoms with Crippen molar-refractivity contribution < 1.29 is 22.7 Å². The minimum Gasteiger partial charge on any atom is -0.469 e. The molecule has 0 radical (unpaired) electrons. The van der Waals surface area contributed by atoms with Gasteiger partial charge in [0.25, 0.3) is 0 Å². The van der Waals surface area contributed by atoms with Crippen LogP contribution in [0.25, 0.3) is 0 Å². The van der Waals surface area contributed by atoms with Gasteiger partial charge in [-0.05, 0) is 6.42 Å².